The molecule has 9 heteroatoms. The molecule has 0 aliphatic carbocycles. The molecule has 5 nitrogen and oxygen atoms in total. The van der Waals surface area contributed by atoms with Gasteiger partial charge in [0.1, 0.15) is 0 Å². The summed E-state index contributed by atoms with van der Waals surface area (Å²) in [6, 6.07) is 0. The zero-order valence-electron chi connectivity index (χ0n) is 4.44. The monoisotopic (exact) mass is 198 g/mol. The van der Waals surface area contributed by atoms with E-state index < -0.39 is 7.91 Å². The summed E-state index contributed by atoms with van der Waals surface area (Å²) in [5, 5.41) is 0. The molecule has 9 heavy (non-hydrogen) atoms. The van der Waals surface area contributed by atoms with Crippen LogP contribution in [0.4, 0.5) is 4.20 Å². The standard InChI is InChI=1S/FH2O3P.2H4NP/c1-5(2,3)4;2*1-2/h(H2,2,3,4);2*1-2H2. The fourth-order valence-electron chi connectivity index (χ4n) is 0. The second-order valence-corrected chi connectivity index (χ2v) is 1.42. The molecule has 60 valence electrons. The highest BCUT2D eigenvalue weighted by molar-refractivity contribution is 7.45. The van der Waals surface area contributed by atoms with Crippen LogP contribution in [-0.4, -0.2) is 9.79 Å². The second kappa shape index (κ2) is 11.6. The zero-order chi connectivity index (χ0) is 8.50. The van der Waals surface area contributed by atoms with E-state index in [-0.39, 0.29) is 0 Å². The average Bonchev–Trinajstić information content (AvgIpc) is 1.72. The van der Waals surface area contributed by atoms with E-state index in [1.54, 1.807) is 0 Å². The Balaban J connectivity index is -0.0000000771. The molecule has 0 rings (SSSR count). The Labute approximate surface area is 57.2 Å². The maximum Gasteiger partial charge on any atom is 0.507 e. The lowest BCUT2D eigenvalue weighted by atomic mass is 13.9. The van der Waals surface area contributed by atoms with Gasteiger partial charge in [-0.3, -0.25) is 9.79 Å². The summed E-state index contributed by atoms with van der Waals surface area (Å²) >= 11 is 0. The Kier molecular flexibility index (Phi) is 21.3. The van der Waals surface area contributed by atoms with E-state index >= 15 is 0 Å². The molecule has 6 N–H and O–H groups in total. The summed E-state index contributed by atoms with van der Waals surface area (Å²) in [5.74, 6) is 0. The van der Waals surface area contributed by atoms with Gasteiger partial charge in [-0.05, 0) is 0 Å². The van der Waals surface area contributed by atoms with Gasteiger partial charge >= 0.3 is 7.91 Å². The molecule has 0 spiro atoms. The van der Waals surface area contributed by atoms with E-state index in [0.717, 1.165) is 0 Å². The van der Waals surface area contributed by atoms with Crippen LogP contribution in [-0.2, 0) is 4.57 Å². The molecule has 0 heterocycles. The fraction of sp³-hybridized carbons (Fsp3) is 0. The smallest absolute Gasteiger partial charge is 0.314 e. The molecular weight excluding hydrogens is 188 g/mol. The van der Waals surface area contributed by atoms with Gasteiger partial charge in [-0.2, -0.15) is 0 Å². The molecular formula is H10FN2O3P3. The van der Waals surface area contributed by atoms with E-state index in [2.05, 4.69) is 11.0 Å². The highest BCUT2D eigenvalue weighted by atomic mass is 31.2. The van der Waals surface area contributed by atoms with Crippen molar-refractivity contribution in [2.24, 2.45) is 11.0 Å². The third-order valence-corrected chi connectivity index (χ3v) is 0. The first-order valence-corrected chi connectivity index (χ1v) is 4.25. The predicted octanol–water partition coefficient (Wildman–Crippen LogP) is -0.481. The third-order valence-electron chi connectivity index (χ3n) is 0. The molecule has 0 aliphatic rings. The van der Waals surface area contributed by atoms with Crippen molar-refractivity contribution >= 4 is 26.7 Å². The van der Waals surface area contributed by atoms with Crippen LogP contribution in [0.1, 0.15) is 0 Å². The highest BCUT2D eigenvalue weighted by Gasteiger charge is 2.04. The number of nitrogens with two attached hydrogens (primary N) is 2. The van der Waals surface area contributed by atoms with Gasteiger partial charge in [0.2, 0.25) is 0 Å². The van der Waals surface area contributed by atoms with Gasteiger partial charge in [-0.15, -0.1) is 4.20 Å². The molecule has 0 saturated carbocycles. The minimum absolute atomic E-state index is 1.92. The third kappa shape index (κ3) is 564. The summed E-state index contributed by atoms with van der Waals surface area (Å²) in [4.78, 5) is 13.9. The van der Waals surface area contributed by atoms with Gasteiger partial charge in [0.15, 0.2) is 0 Å². The molecule has 2 unspecified atom stereocenters. The van der Waals surface area contributed by atoms with Crippen molar-refractivity contribution in [1.82, 2.24) is 0 Å². The molecule has 0 fully saturated rings. The highest BCUT2D eigenvalue weighted by Crippen LogP contribution is 2.34. The quantitative estimate of drug-likeness (QED) is 0.393. The van der Waals surface area contributed by atoms with Crippen LogP contribution in [0.15, 0.2) is 0 Å². The molecule has 0 aromatic carbocycles. The number of halogens is 1. The average molecular weight is 198 g/mol. The van der Waals surface area contributed by atoms with E-state index in [1.165, 1.54) is 0 Å². The molecule has 0 bridgehead atoms. The number of hydrogen-bond donors (Lipinski definition) is 4. The van der Waals surface area contributed by atoms with Gasteiger partial charge in [0.05, 0.1) is 0 Å². The summed E-state index contributed by atoms with van der Waals surface area (Å²) in [6.07, 6.45) is 0. The van der Waals surface area contributed by atoms with Crippen molar-refractivity contribution in [3.8, 4) is 0 Å². The van der Waals surface area contributed by atoms with Gasteiger partial charge in [-0.25, -0.2) is 4.57 Å². The van der Waals surface area contributed by atoms with Crippen molar-refractivity contribution < 1.29 is 18.5 Å². The minimum atomic E-state index is -5.14. The lowest BCUT2D eigenvalue weighted by Crippen LogP contribution is -1.56. The molecule has 2 atom stereocenters. The first kappa shape index (κ1) is 16.4. The maximum atomic E-state index is 10.4. The Morgan fingerprint density at radius 2 is 1.22 bits per heavy atom. The Morgan fingerprint density at radius 1 is 1.22 bits per heavy atom. The Hall–Kier alpha value is 0.860. The lowest BCUT2D eigenvalue weighted by Gasteiger charge is -1.77. The van der Waals surface area contributed by atoms with Crippen molar-refractivity contribution in [2.75, 3.05) is 0 Å². The van der Waals surface area contributed by atoms with Crippen molar-refractivity contribution in [1.29, 1.82) is 0 Å². The summed E-state index contributed by atoms with van der Waals surface area (Å²) in [6.45, 7) is 0. The number of rotatable bonds is 0. The lowest BCUT2D eigenvalue weighted by molar-refractivity contribution is 0.322. The van der Waals surface area contributed by atoms with Crippen LogP contribution in [0.3, 0.4) is 0 Å². The molecule has 0 aliphatic heterocycles. The van der Waals surface area contributed by atoms with Gasteiger partial charge in [-0.1, -0.05) is 18.8 Å². The van der Waals surface area contributed by atoms with Gasteiger partial charge < -0.3 is 11.0 Å². The zero-order valence-corrected chi connectivity index (χ0v) is 7.64. The SMILES string of the molecule is NP.NP.O=P(O)(O)F. The van der Waals surface area contributed by atoms with Gasteiger partial charge in [0.25, 0.3) is 0 Å². The fourth-order valence-corrected chi connectivity index (χ4v) is 0. The summed E-state index contributed by atoms with van der Waals surface area (Å²) in [5.41, 5.74) is 8.83. The van der Waals surface area contributed by atoms with E-state index in [9.17, 15) is 4.20 Å². The largest absolute Gasteiger partial charge is 0.507 e. The van der Waals surface area contributed by atoms with Crippen molar-refractivity contribution in [3.63, 3.8) is 0 Å². The summed E-state index contributed by atoms with van der Waals surface area (Å²) in [7, 11) is -1.31. The number of hydrogen-bond acceptors (Lipinski definition) is 3. The predicted molar refractivity (Wildman–Crippen MR) is 40.9 cm³/mol. The topological polar surface area (TPSA) is 110 Å². The Bertz CT molecular complexity index is 63.2. The van der Waals surface area contributed by atoms with E-state index in [0.29, 0.717) is 0 Å². The van der Waals surface area contributed by atoms with E-state index in [1.807, 2.05) is 18.8 Å². The van der Waals surface area contributed by atoms with Crippen LogP contribution in [0.2, 0.25) is 0 Å². The molecule has 0 aromatic heterocycles. The Morgan fingerprint density at radius 3 is 1.22 bits per heavy atom. The van der Waals surface area contributed by atoms with Crippen LogP contribution in [0.5, 0.6) is 0 Å². The molecule has 0 radical (unpaired) electrons. The normalized spacial score (nSPS) is 7.89. The van der Waals surface area contributed by atoms with Crippen LogP contribution in [0, 0.1) is 0 Å². The molecule has 0 saturated heterocycles. The van der Waals surface area contributed by atoms with Crippen molar-refractivity contribution in [2.45, 2.75) is 0 Å². The first-order valence-electron chi connectivity index (χ1n) is 1.42. The van der Waals surface area contributed by atoms with Crippen LogP contribution < -0.4 is 11.0 Å². The van der Waals surface area contributed by atoms with E-state index in [4.69, 9.17) is 14.4 Å². The minimum Gasteiger partial charge on any atom is -0.314 e. The molecule has 0 aromatic rings. The maximum absolute atomic E-state index is 10.4. The second-order valence-electron chi connectivity index (χ2n) is 0.473. The van der Waals surface area contributed by atoms with Crippen LogP contribution >= 0.6 is 26.7 Å². The van der Waals surface area contributed by atoms with Crippen molar-refractivity contribution in [3.05, 3.63) is 0 Å². The molecule has 0 amide bonds. The first-order chi connectivity index (χ1) is 4.00. The van der Waals surface area contributed by atoms with Gasteiger partial charge in [0, 0.05) is 0 Å². The summed E-state index contributed by atoms with van der Waals surface area (Å²) < 4.78 is 19.0. The van der Waals surface area contributed by atoms with Crippen LogP contribution in [0.25, 0.3) is 0 Å².